The maximum absolute atomic E-state index is 12.1. The molecule has 33 heavy (non-hydrogen) atoms. The van der Waals surface area contributed by atoms with E-state index in [-0.39, 0.29) is 12.0 Å². The highest BCUT2D eigenvalue weighted by atomic mass is 32.2. The number of hydrogen-bond acceptors (Lipinski definition) is 7. The van der Waals surface area contributed by atoms with Crippen molar-refractivity contribution >= 4 is 23.7 Å². The first-order valence-electron chi connectivity index (χ1n) is 10.4. The molecule has 4 N–H and O–H groups in total. The zero-order valence-electron chi connectivity index (χ0n) is 19.0. The predicted molar refractivity (Wildman–Crippen MR) is 127 cm³/mol. The molecule has 0 bridgehead atoms. The van der Waals surface area contributed by atoms with Gasteiger partial charge in [0.15, 0.2) is 5.82 Å². The molecule has 1 atom stereocenters. The topological polar surface area (TPSA) is 124 Å². The van der Waals surface area contributed by atoms with Crippen molar-refractivity contribution in [2.45, 2.75) is 50.2 Å². The van der Waals surface area contributed by atoms with Crippen LogP contribution in [0, 0.1) is 0 Å². The van der Waals surface area contributed by atoms with Gasteiger partial charge in [-0.2, -0.15) is 0 Å². The second kappa shape index (κ2) is 10.4. The first-order valence-corrected chi connectivity index (χ1v) is 11.2. The Hall–Kier alpha value is -3.53. The summed E-state index contributed by atoms with van der Waals surface area (Å²) in [6.07, 6.45) is 0. The van der Waals surface area contributed by atoms with Crippen molar-refractivity contribution in [3.05, 3.63) is 71.5 Å². The molecule has 0 aliphatic carbocycles. The van der Waals surface area contributed by atoms with E-state index in [0.29, 0.717) is 16.7 Å². The molecule has 0 aliphatic rings. The molecule has 9 nitrogen and oxygen atoms in total. The Morgan fingerprint density at radius 3 is 2.36 bits per heavy atom. The van der Waals surface area contributed by atoms with Crippen LogP contribution in [0.25, 0.3) is 0 Å². The molecule has 2 aromatic carbocycles. The van der Waals surface area contributed by atoms with Crippen molar-refractivity contribution in [1.29, 1.82) is 0 Å². The molecule has 0 radical (unpaired) electrons. The molecule has 10 heteroatoms. The average Bonchev–Trinajstić information content (AvgIpc) is 3.11. The number of ether oxygens (including phenoxy) is 1. The number of nitrogens with one attached hydrogen (secondary N) is 2. The van der Waals surface area contributed by atoms with Gasteiger partial charge < -0.3 is 15.9 Å². The molecule has 174 valence electrons. The number of imide groups is 1. The predicted octanol–water partition coefficient (Wildman–Crippen LogP) is 3.51. The fourth-order valence-electron chi connectivity index (χ4n) is 2.91. The summed E-state index contributed by atoms with van der Waals surface area (Å²) in [4.78, 5) is 23.3. The standard InChI is InChI=1S/C23H28N6O3S/c1-15(30)25-21(31)26-20(16-8-6-5-7-9-16)33-22-28-27-19(29(22)24)14-32-18-12-10-17(11-13-18)23(2,3)4/h5-13,20H,14,24H2,1-4H3,(H2,25,26,30,31)/t20-/m0/s1. The molecule has 3 amide bonds. The second-order valence-electron chi connectivity index (χ2n) is 8.40. The maximum Gasteiger partial charge on any atom is 0.322 e. The van der Waals surface area contributed by atoms with E-state index in [4.69, 9.17) is 10.6 Å². The van der Waals surface area contributed by atoms with E-state index in [0.717, 1.165) is 5.56 Å². The lowest BCUT2D eigenvalue weighted by atomic mass is 9.87. The Balaban J connectivity index is 1.69. The van der Waals surface area contributed by atoms with Gasteiger partial charge in [0.25, 0.3) is 0 Å². The number of rotatable bonds is 7. The van der Waals surface area contributed by atoms with E-state index in [1.54, 1.807) is 0 Å². The van der Waals surface area contributed by atoms with Gasteiger partial charge in [-0.25, -0.2) is 9.47 Å². The van der Waals surface area contributed by atoms with E-state index in [9.17, 15) is 9.59 Å². The summed E-state index contributed by atoms with van der Waals surface area (Å²) >= 11 is 1.20. The van der Waals surface area contributed by atoms with E-state index in [1.807, 2.05) is 54.6 Å². The van der Waals surface area contributed by atoms with Crippen LogP contribution in [0.5, 0.6) is 5.75 Å². The quantitative estimate of drug-likeness (QED) is 0.275. The fourth-order valence-corrected chi connectivity index (χ4v) is 3.89. The lowest BCUT2D eigenvalue weighted by Crippen LogP contribution is -2.39. The van der Waals surface area contributed by atoms with Crippen LogP contribution in [-0.4, -0.2) is 26.8 Å². The van der Waals surface area contributed by atoms with Crippen molar-refractivity contribution in [3.8, 4) is 5.75 Å². The number of benzene rings is 2. The van der Waals surface area contributed by atoms with Gasteiger partial charge in [-0.3, -0.25) is 10.1 Å². The molecule has 0 spiro atoms. The van der Waals surface area contributed by atoms with Crippen LogP contribution in [0.1, 0.15) is 50.0 Å². The van der Waals surface area contributed by atoms with Gasteiger partial charge in [0, 0.05) is 6.92 Å². The molecule has 0 saturated carbocycles. The zero-order chi connectivity index (χ0) is 24.0. The highest BCUT2D eigenvalue weighted by molar-refractivity contribution is 7.99. The molecule has 0 aliphatic heterocycles. The van der Waals surface area contributed by atoms with E-state index in [1.165, 1.54) is 28.9 Å². The summed E-state index contributed by atoms with van der Waals surface area (Å²) < 4.78 is 7.15. The van der Waals surface area contributed by atoms with Gasteiger partial charge in [-0.1, -0.05) is 75.0 Å². The normalized spacial score (nSPS) is 12.1. The first kappa shape index (κ1) is 24.1. The Labute approximate surface area is 197 Å². The maximum atomic E-state index is 12.1. The van der Waals surface area contributed by atoms with E-state index < -0.39 is 17.3 Å². The molecule has 1 aromatic heterocycles. The molecule has 0 fully saturated rings. The number of urea groups is 1. The minimum atomic E-state index is -0.616. The third kappa shape index (κ3) is 6.72. The van der Waals surface area contributed by atoms with Crippen molar-refractivity contribution in [3.63, 3.8) is 0 Å². The average molecular weight is 469 g/mol. The molecule has 0 saturated heterocycles. The van der Waals surface area contributed by atoms with Gasteiger partial charge in [0.1, 0.15) is 17.7 Å². The Morgan fingerprint density at radius 2 is 1.76 bits per heavy atom. The van der Waals surface area contributed by atoms with Crippen molar-refractivity contribution < 1.29 is 14.3 Å². The monoisotopic (exact) mass is 468 g/mol. The molecule has 3 aromatic rings. The number of nitrogens with two attached hydrogens (primary N) is 1. The first-order chi connectivity index (χ1) is 15.6. The number of hydrogen-bond donors (Lipinski definition) is 3. The van der Waals surface area contributed by atoms with Crippen LogP contribution < -0.4 is 21.2 Å². The van der Waals surface area contributed by atoms with Crippen molar-refractivity contribution in [1.82, 2.24) is 25.5 Å². The van der Waals surface area contributed by atoms with Crippen LogP contribution in [0.2, 0.25) is 0 Å². The van der Waals surface area contributed by atoms with Crippen LogP contribution in [0.15, 0.2) is 59.8 Å². The van der Waals surface area contributed by atoms with Crippen LogP contribution in [-0.2, 0) is 16.8 Å². The number of nitrogen functional groups attached to an aromatic ring is 1. The second-order valence-corrected chi connectivity index (χ2v) is 9.47. The number of carbonyl (C=O) groups excluding carboxylic acids is 2. The number of aromatic nitrogens is 3. The van der Waals surface area contributed by atoms with E-state index in [2.05, 4.69) is 41.6 Å². The summed E-state index contributed by atoms with van der Waals surface area (Å²) in [6, 6.07) is 16.6. The van der Waals surface area contributed by atoms with Gasteiger partial charge in [-0.15, -0.1) is 10.2 Å². The minimum absolute atomic E-state index is 0.0622. The van der Waals surface area contributed by atoms with Gasteiger partial charge in [0.05, 0.1) is 0 Å². The zero-order valence-corrected chi connectivity index (χ0v) is 19.8. The highest BCUT2D eigenvalue weighted by Crippen LogP contribution is 2.32. The summed E-state index contributed by atoms with van der Waals surface area (Å²) in [7, 11) is 0. The van der Waals surface area contributed by atoms with Crippen molar-refractivity contribution in [2.75, 3.05) is 5.84 Å². The lowest BCUT2D eigenvalue weighted by molar-refractivity contribution is -0.117. The molecule has 1 heterocycles. The third-order valence-electron chi connectivity index (χ3n) is 4.70. The third-order valence-corrected chi connectivity index (χ3v) is 5.82. The summed E-state index contributed by atoms with van der Waals surface area (Å²) in [6.45, 7) is 7.86. The molecule has 3 rings (SSSR count). The fraction of sp³-hybridized carbons (Fsp3) is 0.304. The Morgan fingerprint density at radius 1 is 1.09 bits per heavy atom. The smallest absolute Gasteiger partial charge is 0.322 e. The summed E-state index contributed by atoms with van der Waals surface area (Å²) in [5.74, 6) is 6.86. The number of thioether (sulfide) groups is 1. The summed E-state index contributed by atoms with van der Waals surface area (Å²) in [5, 5.41) is 13.1. The van der Waals surface area contributed by atoms with Crippen LogP contribution >= 0.6 is 11.8 Å². The number of carbonyl (C=O) groups is 2. The van der Waals surface area contributed by atoms with Gasteiger partial charge >= 0.3 is 6.03 Å². The summed E-state index contributed by atoms with van der Waals surface area (Å²) in [5.41, 5.74) is 2.08. The SMILES string of the molecule is CC(=O)NC(=O)N[C@@H](Sc1nnc(COc2ccc(C(C)(C)C)cc2)n1N)c1ccccc1. The molecular formula is C23H28N6O3S. The van der Waals surface area contributed by atoms with Crippen molar-refractivity contribution in [2.24, 2.45) is 0 Å². The Bertz CT molecular complexity index is 1090. The van der Waals surface area contributed by atoms with Gasteiger partial charge in [-0.05, 0) is 28.7 Å². The molecule has 0 unspecified atom stereocenters. The minimum Gasteiger partial charge on any atom is -0.486 e. The molecular weight excluding hydrogens is 440 g/mol. The van der Waals surface area contributed by atoms with Crippen LogP contribution in [0.3, 0.4) is 0 Å². The van der Waals surface area contributed by atoms with Gasteiger partial charge in [0.2, 0.25) is 11.1 Å². The highest BCUT2D eigenvalue weighted by Gasteiger charge is 2.21. The largest absolute Gasteiger partial charge is 0.486 e. The number of nitrogens with zero attached hydrogens (tertiary/aromatic N) is 3. The van der Waals surface area contributed by atoms with E-state index >= 15 is 0 Å². The number of amides is 3. The van der Waals surface area contributed by atoms with Crippen LogP contribution in [0.4, 0.5) is 4.79 Å². The Kier molecular flexibility index (Phi) is 7.59. The lowest BCUT2D eigenvalue weighted by Gasteiger charge is -2.19.